The van der Waals surface area contributed by atoms with E-state index in [1.165, 1.54) is 12.1 Å². The fraction of sp³-hybridized carbons (Fsp3) is 0.300. The Bertz CT molecular complexity index is 472. The number of cyclic esters (lactones) is 1. The first kappa shape index (κ1) is 15.1. The van der Waals surface area contributed by atoms with Gasteiger partial charge in [-0.3, -0.25) is 0 Å². The van der Waals surface area contributed by atoms with E-state index < -0.39 is 30.5 Å². The van der Waals surface area contributed by atoms with Crippen LogP contribution in [-0.4, -0.2) is 18.6 Å². The van der Waals surface area contributed by atoms with Crippen molar-refractivity contribution in [3.8, 4) is 0 Å². The van der Waals surface area contributed by atoms with Crippen LogP contribution in [0.25, 0.3) is 0 Å². The van der Waals surface area contributed by atoms with Crippen LogP contribution < -0.4 is 5.32 Å². The molecule has 3 nitrogen and oxygen atoms in total. The molecule has 0 spiro atoms. The van der Waals surface area contributed by atoms with Crippen LogP contribution in [0.5, 0.6) is 0 Å². The summed E-state index contributed by atoms with van der Waals surface area (Å²) in [6, 6.07) is 1.93. The standard InChI is InChI=1S/C10H7BrF3NO2.ClH/c11-5-1-2-7(12)6(3-5)8-10(13,14)4-17-9(16)15-8;/h1-3,8H,4H2,(H,15,16);1H/t8-;/m0./s1. The van der Waals surface area contributed by atoms with Gasteiger partial charge in [0, 0.05) is 10.0 Å². The molecule has 1 amide bonds. The quantitative estimate of drug-likeness (QED) is 0.846. The Morgan fingerprint density at radius 1 is 1.44 bits per heavy atom. The summed E-state index contributed by atoms with van der Waals surface area (Å²) >= 11 is 3.06. The number of benzene rings is 1. The summed E-state index contributed by atoms with van der Waals surface area (Å²) in [4.78, 5) is 10.9. The van der Waals surface area contributed by atoms with E-state index in [4.69, 9.17) is 0 Å². The zero-order chi connectivity index (χ0) is 12.6. The largest absolute Gasteiger partial charge is 0.443 e. The number of nitrogens with one attached hydrogen (secondary N) is 1. The zero-order valence-electron chi connectivity index (χ0n) is 8.75. The first-order valence-corrected chi connectivity index (χ1v) is 5.45. The van der Waals surface area contributed by atoms with E-state index in [0.29, 0.717) is 4.47 Å². The minimum Gasteiger partial charge on any atom is -0.443 e. The van der Waals surface area contributed by atoms with Crippen molar-refractivity contribution in [1.29, 1.82) is 0 Å². The number of halogens is 5. The van der Waals surface area contributed by atoms with Crippen molar-refractivity contribution in [3.63, 3.8) is 0 Å². The third kappa shape index (κ3) is 2.89. The van der Waals surface area contributed by atoms with Gasteiger partial charge in [-0.1, -0.05) is 15.9 Å². The molecule has 1 atom stereocenters. The lowest BCUT2D eigenvalue weighted by atomic mass is 9.99. The molecule has 1 saturated heterocycles. The highest BCUT2D eigenvalue weighted by Gasteiger charge is 2.47. The van der Waals surface area contributed by atoms with Gasteiger partial charge >= 0.3 is 12.0 Å². The average Bonchev–Trinajstić information content (AvgIpc) is 2.26. The van der Waals surface area contributed by atoms with Crippen LogP contribution in [0.2, 0.25) is 0 Å². The van der Waals surface area contributed by atoms with Crippen molar-refractivity contribution in [2.45, 2.75) is 12.0 Å². The summed E-state index contributed by atoms with van der Waals surface area (Å²) in [5.41, 5.74) is -0.277. The second-order valence-electron chi connectivity index (χ2n) is 3.58. The number of alkyl carbamates (subject to hydrolysis) is 1. The maximum absolute atomic E-state index is 13.5. The minimum absolute atomic E-state index is 0. The Hall–Kier alpha value is -0.950. The van der Waals surface area contributed by atoms with Gasteiger partial charge in [0.25, 0.3) is 0 Å². The lowest BCUT2D eigenvalue weighted by Crippen LogP contribution is -2.49. The lowest BCUT2D eigenvalue weighted by Gasteiger charge is -2.32. The van der Waals surface area contributed by atoms with Crippen LogP contribution in [0.1, 0.15) is 11.6 Å². The van der Waals surface area contributed by atoms with Crippen molar-refractivity contribution in [2.24, 2.45) is 0 Å². The van der Waals surface area contributed by atoms with Crippen LogP contribution in [0, 0.1) is 5.82 Å². The van der Waals surface area contributed by atoms with E-state index >= 15 is 0 Å². The summed E-state index contributed by atoms with van der Waals surface area (Å²) in [6.07, 6.45) is -0.986. The van der Waals surface area contributed by atoms with E-state index in [1.54, 1.807) is 0 Å². The molecule has 18 heavy (non-hydrogen) atoms. The molecule has 1 aromatic carbocycles. The van der Waals surface area contributed by atoms with E-state index in [0.717, 1.165) is 6.07 Å². The van der Waals surface area contributed by atoms with Crippen molar-refractivity contribution in [2.75, 3.05) is 6.61 Å². The Morgan fingerprint density at radius 3 is 2.78 bits per heavy atom. The molecule has 0 aromatic heterocycles. The second kappa shape index (κ2) is 5.36. The average molecular weight is 347 g/mol. The summed E-state index contributed by atoms with van der Waals surface area (Å²) in [5.74, 6) is -4.16. The van der Waals surface area contributed by atoms with Crippen molar-refractivity contribution >= 4 is 34.4 Å². The third-order valence-electron chi connectivity index (χ3n) is 2.35. The number of carbonyl (C=O) groups is 1. The molecular formula is C10H8BrClF3NO2. The van der Waals surface area contributed by atoms with Crippen LogP contribution >= 0.6 is 28.3 Å². The normalized spacial score (nSPS) is 21.6. The molecule has 1 aromatic rings. The first-order valence-electron chi connectivity index (χ1n) is 4.66. The Kier molecular flexibility index (Phi) is 4.50. The number of carbonyl (C=O) groups excluding carboxylic acids is 1. The highest BCUT2D eigenvalue weighted by Crippen LogP contribution is 2.36. The van der Waals surface area contributed by atoms with E-state index in [9.17, 15) is 18.0 Å². The predicted molar refractivity (Wildman–Crippen MR) is 63.5 cm³/mol. The SMILES string of the molecule is Cl.O=C1N[C@@H](c2cc(Br)ccc2F)C(F)(F)CO1. The maximum Gasteiger partial charge on any atom is 0.408 e. The molecule has 0 radical (unpaired) electrons. The third-order valence-corrected chi connectivity index (χ3v) is 2.84. The molecule has 0 bridgehead atoms. The number of hydrogen-bond donors (Lipinski definition) is 1. The van der Waals surface area contributed by atoms with Crippen LogP contribution in [0.15, 0.2) is 22.7 Å². The summed E-state index contributed by atoms with van der Waals surface area (Å²) < 4.78 is 45.1. The smallest absolute Gasteiger partial charge is 0.408 e. The van der Waals surface area contributed by atoms with Gasteiger partial charge in [-0.25, -0.2) is 18.0 Å². The van der Waals surface area contributed by atoms with Crippen molar-refractivity contribution < 1.29 is 22.7 Å². The van der Waals surface area contributed by atoms with Gasteiger partial charge in [-0.15, -0.1) is 12.4 Å². The number of alkyl halides is 2. The van der Waals surface area contributed by atoms with Crippen molar-refractivity contribution in [3.05, 3.63) is 34.1 Å². The number of ether oxygens (including phenoxy) is 1. The maximum atomic E-state index is 13.5. The topological polar surface area (TPSA) is 38.3 Å². The monoisotopic (exact) mass is 345 g/mol. The molecule has 2 rings (SSSR count). The fourth-order valence-corrected chi connectivity index (χ4v) is 1.93. The first-order chi connectivity index (χ1) is 7.90. The van der Waals surface area contributed by atoms with Gasteiger partial charge in [0.1, 0.15) is 11.9 Å². The predicted octanol–water partition coefficient (Wildman–Crippen LogP) is 3.43. The summed E-state index contributed by atoms with van der Waals surface area (Å²) in [7, 11) is 0. The molecule has 0 unspecified atom stereocenters. The number of hydrogen-bond acceptors (Lipinski definition) is 2. The summed E-state index contributed by atoms with van der Waals surface area (Å²) in [5, 5.41) is 1.92. The molecule has 1 heterocycles. The van der Waals surface area contributed by atoms with Crippen LogP contribution in [0.3, 0.4) is 0 Å². The minimum atomic E-state index is -3.35. The van der Waals surface area contributed by atoms with E-state index in [2.05, 4.69) is 20.7 Å². The van der Waals surface area contributed by atoms with Gasteiger partial charge in [-0.05, 0) is 18.2 Å². The molecule has 0 saturated carbocycles. The molecule has 1 N–H and O–H groups in total. The molecule has 1 fully saturated rings. The number of amides is 1. The van der Waals surface area contributed by atoms with Gasteiger partial charge in [0.2, 0.25) is 0 Å². The molecule has 100 valence electrons. The lowest BCUT2D eigenvalue weighted by molar-refractivity contribution is -0.105. The van der Waals surface area contributed by atoms with E-state index in [1.807, 2.05) is 5.32 Å². The Balaban J connectivity index is 0.00000162. The summed E-state index contributed by atoms with van der Waals surface area (Å²) in [6.45, 7) is -1.06. The van der Waals surface area contributed by atoms with Gasteiger partial charge in [0.05, 0.1) is 0 Å². The van der Waals surface area contributed by atoms with Crippen LogP contribution in [-0.2, 0) is 4.74 Å². The van der Waals surface area contributed by atoms with Gasteiger partial charge in [-0.2, -0.15) is 0 Å². The molecule has 1 aliphatic heterocycles. The van der Waals surface area contributed by atoms with Crippen LogP contribution in [0.4, 0.5) is 18.0 Å². The highest BCUT2D eigenvalue weighted by molar-refractivity contribution is 9.10. The van der Waals surface area contributed by atoms with Crippen molar-refractivity contribution in [1.82, 2.24) is 5.32 Å². The second-order valence-corrected chi connectivity index (χ2v) is 4.50. The molecular weight excluding hydrogens is 338 g/mol. The zero-order valence-corrected chi connectivity index (χ0v) is 11.2. The van der Waals surface area contributed by atoms with Gasteiger partial charge in [0.15, 0.2) is 6.61 Å². The molecule has 0 aliphatic carbocycles. The molecule has 1 aliphatic rings. The van der Waals surface area contributed by atoms with Gasteiger partial charge < -0.3 is 10.1 Å². The Morgan fingerprint density at radius 2 is 2.11 bits per heavy atom. The van der Waals surface area contributed by atoms with E-state index in [-0.39, 0.29) is 18.0 Å². The number of rotatable bonds is 1. The molecule has 8 heteroatoms. The Labute approximate surface area is 115 Å². The highest BCUT2D eigenvalue weighted by atomic mass is 79.9. The fourth-order valence-electron chi connectivity index (χ4n) is 1.55.